The average Bonchev–Trinajstić information content (AvgIpc) is 2.80. The van der Waals surface area contributed by atoms with Crippen molar-refractivity contribution >= 4 is 9.52 Å². The zero-order chi connectivity index (χ0) is 20.9. The highest BCUT2D eigenvalue weighted by atomic mass is 28.2. The third-order valence-corrected chi connectivity index (χ3v) is 10.1. The molecule has 0 nitrogen and oxygen atoms in total. The summed E-state index contributed by atoms with van der Waals surface area (Å²) in [5.41, 5.74) is 5.09. The third-order valence-electron chi connectivity index (χ3n) is 8.11. The smallest absolute Gasteiger partial charge is 0.123 e. The summed E-state index contributed by atoms with van der Waals surface area (Å²) in [5.74, 6) is 3.56. The maximum atomic E-state index is 13.6. The SMILES string of the molecule is CCCC1CCC([C@@H]2C[SiH2]CC[C@H]2c2ccc(-c3ccc(F)cc3CC)cc2)CC1. The Bertz CT molecular complexity index is 804. The first-order chi connectivity index (χ1) is 14.7. The molecule has 0 spiro atoms. The van der Waals surface area contributed by atoms with Gasteiger partial charge < -0.3 is 0 Å². The molecular weight excluding hydrogens is 383 g/mol. The molecule has 2 aliphatic rings. The molecule has 4 rings (SSSR count). The van der Waals surface area contributed by atoms with Gasteiger partial charge in [-0.3, -0.25) is 0 Å². The van der Waals surface area contributed by atoms with Crippen LogP contribution in [0.1, 0.15) is 75.8 Å². The summed E-state index contributed by atoms with van der Waals surface area (Å²) in [6.07, 6.45) is 11.0. The van der Waals surface area contributed by atoms with E-state index in [1.54, 1.807) is 23.7 Å². The monoisotopic (exact) mass is 422 g/mol. The molecule has 30 heavy (non-hydrogen) atoms. The van der Waals surface area contributed by atoms with E-state index in [0.29, 0.717) is 0 Å². The highest BCUT2D eigenvalue weighted by molar-refractivity contribution is 6.35. The molecule has 0 unspecified atom stereocenters. The Morgan fingerprint density at radius 2 is 1.70 bits per heavy atom. The van der Waals surface area contributed by atoms with Crippen LogP contribution in [0, 0.1) is 23.6 Å². The standard InChI is InChI=1S/C28H39FSi/c1-3-5-20-6-8-24(9-7-20)28-19-30-17-16-27(28)23-12-10-22(11-13-23)26-15-14-25(29)18-21(26)4-2/h10-15,18,20,24,27-28H,3-9,16-17,19,30H2,1-2H3/t20?,24?,27-,28-/m0/s1. The molecule has 2 atom stereocenters. The summed E-state index contributed by atoms with van der Waals surface area (Å²) in [6.45, 7) is 4.45. The summed E-state index contributed by atoms with van der Waals surface area (Å²) in [7, 11) is 0.159. The molecule has 0 bridgehead atoms. The summed E-state index contributed by atoms with van der Waals surface area (Å²) in [4.78, 5) is 0. The van der Waals surface area contributed by atoms with Gasteiger partial charge in [-0.15, -0.1) is 0 Å². The second-order valence-electron chi connectivity index (χ2n) is 9.90. The lowest BCUT2D eigenvalue weighted by Crippen LogP contribution is -2.30. The Labute approximate surface area is 185 Å². The number of halogens is 1. The van der Waals surface area contributed by atoms with E-state index in [-0.39, 0.29) is 15.3 Å². The fourth-order valence-electron chi connectivity index (χ4n) is 6.50. The van der Waals surface area contributed by atoms with Crippen LogP contribution in [0.2, 0.25) is 12.1 Å². The maximum Gasteiger partial charge on any atom is 0.123 e. The maximum absolute atomic E-state index is 13.6. The van der Waals surface area contributed by atoms with Crippen molar-refractivity contribution in [1.29, 1.82) is 0 Å². The van der Waals surface area contributed by atoms with Gasteiger partial charge in [-0.25, -0.2) is 4.39 Å². The zero-order valence-electron chi connectivity index (χ0n) is 19.0. The molecule has 0 aromatic heterocycles. The molecule has 0 N–H and O–H groups in total. The van der Waals surface area contributed by atoms with Crippen LogP contribution in [0.3, 0.4) is 0 Å². The van der Waals surface area contributed by atoms with Crippen molar-refractivity contribution in [3.05, 3.63) is 59.4 Å². The molecule has 0 radical (unpaired) electrons. The van der Waals surface area contributed by atoms with Crippen molar-refractivity contribution in [1.82, 2.24) is 0 Å². The Balaban J connectivity index is 1.50. The molecule has 1 aliphatic carbocycles. The quantitative estimate of drug-likeness (QED) is 0.417. The van der Waals surface area contributed by atoms with Gasteiger partial charge >= 0.3 is 0 Å². The molecule has 2 aromatic carbocycles. The second kappa shape index (κ2) is 10.3. The lowest BCUT2D eigenvalue weighted by atomic mass is 9.69. The predicted octanol–water partition coefficient (Wildman–Crippen LogP) is 7.77. The van der Waals surface area contributed by atoms with Gasteiger partial charge in [0.2, 0.25) is 0 Å². The Morgan fingerprint density at radius 3 is 2.40 bits per heavy atom. The van der Waals surface area contributed by atoms with Crippen molar-refractivity contribution in [2.24, 2.45) is 17.8 Å². The first kappa shape index (κ1) is 21.8. The minimum atomic E-state index is -0.130. The van der Waals surface area contributed by atoms with Gasteiger partial charge in [0.15, 0.2) is 0 Å². The average molecular weight is 423 g/mol. The van der Waals surface area contributed by atoms with E-state index in [1.807, 2.05) is 6.07 Å². The summed E-state index contributed by atoms with van der Waals surface area (Å²) >= 11 is 0. The van der Waals surface area contributed by atoms with Crippen LogP contribution in [-0.2, 0) is 6.42 Å². The van der Waals surface area contributed by atoms with Crippen LogP contribution in [-0.4, -0.2) is 9.52 Å². The predicted molar refractivity (Wildman–Crippen MR) is 131 cm³/mol. The molecule has 1 heterocycles. The van der Waals surface area contributed by atoms with E-state index >= 15 is 0 Å². The van der Waals surface area contributed by atoms with Gasteiger partial charge in [-0.2, -0.15) is 0 Å². The van der Waals surface area contributed by atoms with Crippen LogP contribution in [0.25, 0.3) is 11.1 Å². The Kier molecular flexibility index (Phi) is 7.46. The zero-order valence-corrected chi connectivity index (χ0v) is 20.4. The second-order valence-corrected chi connectivity index (χ2v) is 11.9. The first-order valence-corrected chi connectivity index (χ1v) is 14.6. The number of rotatable bonds is 6. The van der Waals surface area contributed by atoms with Crippen LogP contribution in [0.15, 0.2) is 42.5 Å². The molecular formula is C28H39FSi. The fourth-order valence-corrected chi connectivity index (χ4v) is 8.86. The molecule has 2 heteroatoms. The van der Waals surface area contributed by atoms with Crippen LogP contribution < -0.4 is 0 Å². The minimum Gasteiger partial charge on any atom is -0.207 e. The molecule has 2 aromatic rings. The topological polar surface area (TPSA) is 0 Å². The van der Waals surface area contributed by atoms with Crippen molar-refractivity contribution in [3.63, 3.8) is 0 Å². The van der Waals surface area contributed by atoms with Gasteiger partial charge in [0.1, 0.15) is 5.82 Å². The normalized spacial score (nSPS) is 28.0. The van der Waals surface area contributed by atoms with Gasteiger partial charge in [0, 0.05) is 9.52 Å². The van der Waals surface area contributed by atoms with E-state index in [4.69, 9.17) is 0 Å². The van der Waals surface area contributed by atoms with Gasteiger partial charge in [0.25, 0.3) is 0 Å². The van der Waals surface area contributed by atoms with Crippen LogP contribution in [0.5, 0.6) is 0 Å². The highest BCUT2D eigenvalue weighted by Gasteiger charge is 2.34. The van der Waals surface area contributed by atoms with E-state index in [0.717, 1.165) is 35.7 Å². The number of benzene rings is 2. The number of hydrogen-bond acceptors (Lipinski definition) is 0. The largest absolute Gasteiger partial charge is 0.207 e. The van der Waals surface area contributed by atoms with E-state index < -0.39 is 0 Å². The minimum absolute atomic E-state index is 0.130. The Hall–Kier alpha value is -1.41. The molecule has 1 saturated carbocycles. The van der Waals surface area contributed by atoms with Crippen LogP contribution in [0.4, 0.5) is 4.39 Å². The van der Waals surface area contributed by atoms with Crippen molar-refractivity contribution in [2.75, 3.05) is 0 Å². The number of aryl methyl sites for hydroxylation is 1. The molecule has 1 saturated heterocycles. The first-order valence-electron chi connectivity index (χ1n) is 12.6. The molecule has 162 valence electrons. The fraction of sp³-hybridized carbons (Fsp3) is 0.571. The third kappa shape index (κ3) is 4.90. The molecule has 2 fully saturated rings. The summed E-state index contributed by atoms with van der Waals surface area (Å²) < 4.78 is 13.6. The highest BCUT2D eigenvalue weighted by Crippen LogP contribution is 2.46. The van der Waals surface area contributed by atoms with Gasteiger partial charge in [-0.05, 0) is 83.7 Å². The van der Waals surface area contributed by atoms with Gasteiger partial charge in [0.05, 0.1) is 0 Å². The van der Waals surface area contributed by atoms with Crippen molar-refractivity contribution in [2.45, 2.75) is 83.2 Å². The summed E-state index contributed by atoms with van der Waals surface area (Å²) in [5, 5.41) is 0. The molecule has 0 amide bonds. The van der Waals surface area contributed by atoms with E-state index in [1.165, 1.54) is 62.1 Å². The van der Waals surface area contributed by atoms with Crippen molar-refractivity contribution < 1.29 is 4.39 Å². The number of hydrogen-bond donors (Lipinski definition) is 0. The van der Waals surface area contributed by atoms with Gasteiger partial charge in [-0.1, -0.05) is 82.0 Å². The molecule has 1 aliphatic heterocycles. The lowest BCUT2D eigenvalue weighted by Gasteiger charge is -2.41. The van der Waals surface area contributed by atoms with Crippen molar-refractivity contribution in [3.8, 4) is 11.1 Å². The summed E-state index contributed by atoms with van der Waals surface area (Å²) in [6, 6.07) is 17.7. The van der Waals surface area contributed by atoms with Crippen LogP contribution >= 0.6 is 0 Å². The lowest BCUT2D eigenvalue weighted by molar-refractivity contribution is 0.181. The van der Waals surface area contributed by atoms with E-state index in [2.05, 4.69) is 38.1 Å². The Morgan fingerprint density at radius 1 is 0.933 bits per heavy atom. The van der Waals surface area contributed by atoms with E-state index in [9.17, 15) is 4.39 Å².